The highest BCUT2D eigenvalue weighted by molar-refractivity contribution is 7.14. The standard InChI is InChI=1S/C23H22N6O3S/c1-14(24-15(2)30)16-7-9-17(10-8-16)20-13-33-23(25-20)26-21(31)11-12-29-22(32)18-5-3-4-6-19(18)27-28-29/h3-10,13-14H,11-12H2,1-2H3,(H,24,30)(H,25,26,31). The van der Waals surface area contributed by atoms with Crippen LogP contribution >= 0.6 is 11.3 Å². The second-order valence-electron chi connectivity index (χ2n) is 7.52. The van der Waals surface area contributed by atoms with E-state index >= 15 is 0 Å². The van der Waals surface area contributed by atoms with Crippen LogP contribution in [0.4, 0.5) is 5.13 Å². The third-order valence-electron chi connectivity index (χ3n) is 5.06. The van der Waals surface area contributed by atoms with Gasteiger partial charge in [0, 0.05) is 24.3 Å². The lowest BCUT2D eigenvalue weighted by molar-refractivity contribution is -0.119. The molecule has 9 nitrogen and oxygen atoms in total. The summed E-state index contributed by atoms with van der Waals surface area (Å²) in [6.07, 6.45) is 0.0670. The van der Waals surface area contributed by atoms with Crippen LogP contribution in [0.15, 0.2) is 58.7 Å². The summed E-state index contributed by atoms with van der Waals surface area (Å²) < 4.78 is 1.19. The van der Waals surface area contributed by atoms with Crippen molar-refractivity contribution in [3.8, 4) is 11.3 Å². The van der Waals surface area contributed by atoms with Crippen molar-refractivity contribution in [2.24, 2.45) is 0 Å². The van der Waals surface area contributed by atoms with Gasteiger partial charge in [0.2, 0.25) is 11.8 Å². The van der Waals surface area contributed by atoms with Crippen molar-refractivity contribution >= 4 is 39.2 Å². The summed E-state index contributed by atoms with van der Waals surface area (Å²) in [5.41, 5.74) is 2.89. The fraction of sp³-hybridized carbons (Fsp3) is 0.217. The number of aromatic nitrogens is 4. The Morgan fingerprint density at radius 2 is 1.88 bits per heavy atom. The molecule has 0 aliphatic rings. The molecule has 4 aromatic rings. The van der Waals surface area contributed by atoms with Gasteiger partial charge in [0.15, 0.2) is 5.13 Å². The van der Waals surface area contributed by atoms with Gasteiger partial charge in [-0.25, -0.2) is 9.67 Å². The average Bonchev–Trinajstić information content (AvgIpc) is 3.27. The molecule has 0 aliphatic heterocycles. The van der Waals surface area contributed by atoms with Crippen molar-refractivity contribution in [1.82, 2.24) is 25.3 Å². The van der Waals surface area contributed by atoms with E-state index in [0.29, 0.717) is 16.0 Å². The first-order valence-electron chi connectivity index (χ1n) is 10.4. The van der Waals surface area contributed by atoms with E-state index in [4.69, 9.17) is 0 Å². The van der Waals surface area contributed by atoms with Crippen molar-refractivity contribution in [2.45, 2.75) is 32.9 Å². The molecule has 33 heavy (non-hydrogen) atoms. The van der Waals surface area contributed by atoms with Crippen LogP contribution in [0.5, 0.6) is 0 Å². The molecule has 2 N–H and O–H groups in total. The number of carbonyl (C=O) groups excluding carboxylic acids is 2. The van der Waals surface area contributed by atoms with Gasteiger partial charge in [0.1, 0.15) is 5.52 Å². The van der Waals surface area contributed by atoms with Gasteiger partial charge in [-0.1, -0.05) is 41.6 Å². The summed E-state index contributed by atoms with van der Waals surface area (Å²) in [6.45, 7) is 3.53. The number of hydrogen-bond acceptors (Lipinski definition) is 7. The monoisotopic (exact) mass is 462 g/mol. The minimum Gasteiger partial charge on any atom is -0.350 e. The zero-order valence-electron chi connectivity index (χ0n) is 18.1. The fourth-order valence-electron chi connectivity index (χ4n) is 3.35. The van der Waals surface area contributed by atoms with Crippen molar-refractivity contribution in [3.05, 3.63) is 69.8 Å². The van der Waals surface area contributed by atoms with Gasteiger partial charge < -0.3 is 10.6 Å². The zero-order chi connectivity index (χ0) is 23.4. The molecule has 0 saturated heterocycles. The van der Waals surface area contributed by atoms with E-state index in [-0.39, 0.29) is 36.4 Å². The lowest BCUT2D eigenvalue weighted by Crippen LogP contribution is -2.26. The van der Waals surface area contributed by atoms with Gasteiger partial charge >= 0.3 is 0 Å². The number of aryl methyl sites for hydroxylation is 1. The Morgan fingerprint density at radius 3 is 2.64 bits per heavy atom. The Labute approximate surface area is 193 Å². The first-order chi connectivity index (χ1) is 15.9. The molecule has 0 aliphatic carbocycles. The number of fused-ring (bicyclic) bond motifs is 1. The van der Waals surface area contributed by atoms with Crippen molar-refractivity contribution in [2.75, 3.05) is 5.32 Å². The van der Waals surface area contributed by atoms with E-state index in [1.165, 1.54) is 22.9 Å². The van der Waals surface area contributed by atoms with Gasteiger partial charge in [0.05, 0.1) is 23.7 Å². The number of thiazole rings is 1. The van der Waals surface area contributed by atoms with Gasteiger partial charge in [-0.15, -0.1) is 16.4 Å². The number of anilines is 1. The Balaban J connectivity index is 1.37. The number of carbonyl (C=O) groups is 2. The van der Waals surface area contributed by atoms with E-state index < -0.39 is 0 Å². The van der Waals surface area contributed by atoms with E-state index in [2.05, 4.69) is 25.9 Å². The van der Waals surface area contributed by atoms with Crippen molar-refractivity contribution < 1.29 is 9.59 Å². The van der Waals surface area contributed by atoms with Crippen LogP contribution in [0.3, 0.4) is 0 Å². The number of benzene rings is 2. The van der Waals surface area contributed by atoms with E-state index in [0.717, 1.165) is 16.8 Å². The van der Waals surface area contributed by atoms with Crippen LogP contribution in [0.1, 0.15) is 31.9 Å². The van der Waals surface area contributed by atoms with Crippen molar-refractivity contribution in [1.29, 1.82) is 0 Å². The molecule has 168 valence electrons. The topological polar surface area (TPSA) is 119 Å². The minimum absolute atomic E-state index is 0.0670. The Morgan fingerprint density at radius 1 is 1.12 bits per heavy atom. The predicted molar refractivity (Wildman–Crippen MR) is 127 cm³/mol. The zero-order valence-corrected chi connectivity index (χ0v) is 18.9. The molecule has 1 atom stereocenters. The Hall–Kier alpha value is -3.92. The van der Waals surface area contributed by atoms with Crippen LogP contribution in [0.2, 0.25) is 0 Å². The van der Waals surface area contributed by atoms with E-state index in [1.807, 2.05) is 36.6 Å². The molecule has 10 heteroatoms. The van der Waals surface area contributed by atoms with Crippen LogP contribution in [-0.4, -0.2) is 31.8 Å². The molecular weight excluding hydrogens is 440 g/mol. The quantitative estimate of drug-likeness (QED) is 0.436. The fourth-order valence-corrected chi connectivity index (χ4v) is 4.09. The van der Waals surface area contributed by atoms with Gasteiger partial charge in [-0.3, -0.25) is 14.4 Å². The molecule has 0 radical (unpaired) electrons. The molecular formula is C23H22N6O3S. The molecule has 0 spiro atoms. The summed E-state index contributed by atoms with van der Waals surface area (Å²) >= 11 is 1.32. The van der Waals surface area contributed by atoms with Gasteiger partial charge in [-0.05, 0) is 24.6 Å². The number of hydrogen-bond donors (Lipinski definition) is 2. The molecule has 0 saturated carbocycles. The first-order valence-corrected chi connectivity index (χ1v) is 11.2. The number of nitrogens with one attached hydrogen (secondary N) is 2. The number of amides is 2. The highest BCUT2D eigenvalue weighted by Gasteiger charge is 2.12. The van der Waals surface area contributed by atoms with Crippen LogP contribution < -0.4 is 16.2 Å². The third kappa shape index (κ3) is 5.29. The highest BCUT2D eigenvalue weighted by atomic mass is 32.1. The molecule has 1 unspecified atom stereocenters. The summed E-state index contributed by atoms with van der Waals surface area (Å²) in [7, 11) is 0. The maximum atomic E-state index is 12.5. The van der Waals surface area contributed by atoms with E-state index in [1.54, 1.807) is 24.3 Å². The molecule has 2 aromatic carbocycles. The van der Waals surface area contributed by atoms with Crippen LogP contribution in [0.25, 0.3) is 22.2 Å². The lowest BCUT2D eigenvalue weighted by atomic mass is 10.1. The second kappa shape index (κ2) is 9.70. The molecule has 2 aromatic heterocycles. The number of rotatable bonds is 7. The molecule has 2 heterocycles. The van der Waals surface area contributed by atoms with Gasteiger partial charge in [0.25, 0.3) is 5.56 Å². The third-order valence-corrected chi connectivity index (χ3v) is 5.81. The van der Waals surface area contributed by atoms with Gasteiger partial charge in [-0.2, -0.15) is 0 Å². The minimum atomic E-state index is -0.277. The molecule has 0 bridgehead atoms. The lowest BCUT2D eigenvalue weighted by Gasteiger charge is -2.13. The number of nitrogens with zero attached hydrogens (tertiary/aromatic N) is 4. The van der Waals surface area contributed by atoms with Crippen LogP contribution in [-0.2, 0) is 16.1 Å². The SMILES string of the molecule is CC(=O)NC(C)c1ccc(-c2csc(NC(=O)CCn3nnc4ccccc4c3=O)n2)cc1. The highest BCUT2D eigenvalue weighted by Crippen LogP contribution is 2.26. The summed E-state index contributed by atoms with van der Waals surface area (Å²) in [6, 6.07) is 14.6. The summed E-state index contributed by atoms with van der Waals surface area (Å²) in [5, 5.41) is 16.3. The smallest absolute Gasteiger partial charge is 0.277 e. The summed E-state index contributed by atoms with van der Waals surface area (Å²) in [5.74, 6) is -0.346. The van der Waals surface area contributed by atoms with Crippen molar-refractivity contribution in [3.63, 3.8) is 0 Å². The molecule has 4 rings (SSSR count). The normalized spacial score (nSPS) is 11.8. The maximum Gasteiger partial charge on any atom is 0.277 e. The predicted octanol–water partition coefficient (Wildman–Crippen LogP) is 3.14. The van der Waals surface area contributed by atoms with E-state index in [9.17, 15) is 14.4 Å². The maximum absolute atomic E-state index is 12.5. The molecule has 0 fully saturated rings. The van der Waals surface area contributed by atoms with Crippen LogP contribution in [0, 0.1) is 0 Å². The second-order valence-corrected chi connectivity index (χ2v) is 8.37. The summed E-state index contributed by atoms with van der Waals surface area (Å²) in [4.78, 5) is 40.5. The average molecular weight is 463 g/mol. The largest absolute Gasteiger partial charge is 0.350 e. The molecule has 2 amide bonds. The first kappa shape index (κ1) is 22.3. The Bertz CT molecular complexity index is 1360. The Kier molecular flexibility index (Phi) is 6.55.